The second-order valence-electron chi connectivity index (χ2n) is 8.39. The molecule has 3 fully saturated rings. The van der Waals surface area contributed by atoms with Crippen LogP contribution in [0, 0.1) is 18.3 Å². The van der Waals surface area contributed by atoms with Crippen molar-refractivity contribution in [1.29, 1.82) is 0 Å². The molecule has 24 heavy (non-hydrogen) atoms. The Kier molecular flexibility index (Phi) is 4.96. The lowest BCUT2D eigenvalue weighted by Crippen LogP contribution is -2.40. The van der Waals surface area contributed by atoms with Gasteiger partial charge < -0.3 is 9.64 Å². The van der Waals surface area contributed by atoms with Crippen molar-refractivity contribution < 1.29 is 4.74 Å². The van der Waals surface area contributed by atoms with E-state index in [2.05, 4.69) is 28.8 Å². The third-order valence-corrected chi connectivity index (χ3v) is 7.29. The van der Waals surface area contributed by atoms with E-state index in [9.17, 15) is 0 Å². The maximum absolute atomic E-state index is 5.99. The van der Waals surface area contributed by atoms with Crippen LogP contribution in [0.3, 0.4) is 0 Å². The fourth-order valence-corrected chi connectivity index (χ4v) is 5.27. The monoisotopic (exact) mass is 349 g/mol. The molecule has 1 aromatic heterocycles. The van der Waals surface area contributed by atoms with Crippen LogP contribution in [0.4, 0.5) is 0 Å². The van der Waals surface area contributed by atoms with Gasteiger partial charge in [0.1, 0.15) is 0 Å². The molecule has 4 rings (SSSR count). The van der Waals surface area contributed by atoms with Crippen LogP contribution < -0.4 is 0 Å². The van der Waals surface area contributed by atoms with Gasteiger partial charge in [-0.2, -0.15) is 0 Å². The molecule has 1 atom stereocenters. The highest BCUT2D eigenvalue weighted by atomic mass is 32.1. The van der Waals surface area contributed by atoms with Gasteiger partial charge in [0.15, 0.2) is 0 Å². The number of rotatable bonds is 6. The van der Waals surface area contributed by atoms with Crippen LogP contribution in [-0.2, 0) is 11.3 Å². The summed E-state index contributed by atoms with van der Waals surface area (Å²) in [7, 11) is 2.30. The molecule has 2 saturated heterocycles. The average molecular weight is 350 g/mol. The molecule has 0 amide bonds. The topological polar surface area (TPSA) is 28.6 Å². The molecule has 3 heterocycles. The molecule has 3 aliphatic rings. The fourth-order valence-electron chi connectivity index (χ4n) is 4.45. The molecule has 0 radical (unpaired) electrons. The van der Waals surface area contributed by atoms with Crippen LogP contribution in [0.25, 0.3) is 0 Å². The van der Waals surface area contributed by atoms with Crippen LogP contribution in [0.15, 0.2) is 5.51 Å². The highest BCUT2D eigenvalue weighted by molar-refractivity contribution is 7.09. The predicted octanol–water partition coefficient (Wildman–Crippen LogP) is 3.16. The van der Waals surface area contributed by atoms with E-state index >= 15 is 0 Å². The number of ether oxygens (including phenoxy) is 1. The number of hydrogen-bond donors (Lipinski definition) is 0. The number of likely N-dealkylation sites (N-methyl/N-ethyl adjacent to an activating group) is 1. The summed E-state index contributed by atoms with van der Waals surface area (Å²) in [4.78, 5) is 11.0. The number of thiazole rings is 1. The second kappa shape index (κ2) is 7.02. The van der Waals surface area contributed by atoms with E-state index in [0.29, 0.717) is 11.5 Å². The van der Waals surface area contributed by atoms with Crippen LogP contribution in [0.5, 0.6) is 0 Å². The van der Waals surface area contributed by atoms with E-state index in [4.69, 9.17) is 4.74 Å². The normalized spacial score (nSPS) is 28.0. The standard InChI is InChI=1S/C19H31N3OS/c1-15-18(24-14-20-15)10-22-7-5-19(6-8-22)9-17(21(2)13-19)12-23-11-16-3-4-16/h14,16-17H,3-13H2,1-2H3/t17-/m1/s1. The zero-order chi connectivity index (χ0) is 16.6. The molecule has 4 nitrogen and oxygen atoms in total. The van der Waals surface area contributed by atoms with Crippen LogP contribution in [0.2, 0.25) is 0 Å². The first-order valence-electron chi connectivity index (χ1n) is 9.53. The van der Waals surface area contributed by atoms with Crippen LogP contribution in [-0.4, -0.2) is 60.7 Å². The predicted molar refractivity (Wildman–Crippen MR) is 98.4 cm³/mol. The van der Waals surface area contributed by atoms with E-state index in [1.54, 1.807) is 11.3 Å². The van der Waals surface area contributed by atoms with Gasteiger partial charge in [0.05, 0.1) is 17.8 Å². The summed E-state index contributed by atoms with van der Waals surface area (Å²) >= 11 is 1.81. The third-order valence-electron chi connectivity index (χ3n) is 6.37. The van der Waals surface area contributed by atoms with Gasteiger partial charge in [0.2, 0.25) is 0 Å². The molecule has 2 aliphatic heterocycles. The minimum absolute atomic E-state index is 0.543. The summed E-state index contributed by atoms with van der Waals surface area (Å²) in [5, 5.41) is 0. The molecule has 5 heteroatoms. The van der Waals surface area contributed by atoms with Crippen LogP contribution >= 0.6 is 11.3 Å². The number of aryl methyl sites for hydroxylation is 1. The van der Waals surface area contributed by atoms with Crippen molar-refractivity contribution in [2.75, 3.05) is 39.9 Å². The van der Waals surface area contributed by atoms with Gasteiger partial charge in [0.25, 0.3) is 0 Å². The van der Waals surface area contributed by atoms with E-state index in [-0.39, 0.29) is 0 Å². The molecule has 1 saturated carbocycles. The molecule has 134 valence electrons. The summed E-state index contributed by atoms with van der Waals surface area (Å²) in [6, 6.07) is 0.638. The maximum atomic E-state index is 5.99. The van der Waals surface area contributed by atoms with E-state index in [1.807, 2.05) is 5.51 Å². The van der Waals surface area contributed by atoms with Crippen molar-refractivity contribution in [3.05, 3.63) is 16.1 Å². The van der Waals surface area contributed by atoms with Gasteiger partial charge in [-0.3, -0.25) is 4.90 Å². The third kappa shape index (κ3) is 3.85. The smallest absolute Gasteiger partial charge is 0.0798 e. The lowest BCUT2D eigenvalue weighted by molar-refractivity contribution is 0.0777. The molecule has 0 aromatic carbocycles. The van der Waals surface area contributed by atoms with Gasteiger partial charge >= 0.3 is 0 Å². The molecule has 0 bridgehead atoms. The van der Waals surface area contributed by atoms with E-state index < -0.39 is 0 Å². The van der Waals surface area contributed by atoms with Crippen molar-refractivity contribution in [2.45, 2.75) is 51.6 Å². The first-order valence-corrected chi connectivity index (χ1v) is 10.4. The number of likely N-dealkylation sites (tertiary alicyclic amines) is 2. The first kappa shape index (κ1) is 17.0. The van der Waals surface area contributed by atoms with E-state index in [0.717, 1.165) is 25.7 Å². The quantitative estimate of drug-likeness (QED) is 0.789. The largest absolute Gasteiger partial charge is 0.380 e. The lowest BCUT2D eigenvalue weighted by Gasteiger charge is -2.39. The highest BCUT2D eigenvalue weighted by Gasteiger charge is 2.44. The summed E-state index contributed by atoms with van der Waals surface area (Å²) in [6.07, 6.45) is 6.79. The van der Waals surface area contributed by atoms with Crippen molar-refractivity contribution in [1.82, 2.24) is 14.8 Å². The van der Waals surface area contributed by atoms with Crippen molar-refractivity contribution in [3.8, 4) is 0 Å². The molecular weight excluding hydrogens is 318 g/mol. The molecule has 0 N–H and O–H groups in total. The van der Waals surface area contributed by atoms with Gasteiger partial charge in [-0.15, -0.1) is 11.3 Å². The summed E-state index contributed by atoms with van der Waals surface area (Å²) in [6.45, 7) is 8.91. The average Bonchev–Trinajstić information content (AvgIpc) is 3.23. The Hall–Kier alpha value is -0.490. The summed E-state index contributed by atoms with van der Waals surface area (Å²) < 4.78 is 5.99. The minimum Gasteiger partial charge on any atom is -0.380 e. The lowest BCUT2D eigenvalue weighted by atomic mass is 9.76. The van der Waals surface area contributed by atoms with Crippen LogP contribution in [0.1, 0.15) is 42.7 Å². The van der Waals surface area contributed by atoms with Crippen molar-refractivity contribution in [2.24, 2.45) is 11.3 Å². The van der Waals surface area contributed by atoms with E-state index in [1.165, 1.54) is 62.3 Å². The van der Waals surface area contributed by atoms with Gasteiger partial charge in [-0.05, 0) is 70.5 Å². The van der Waals surface area contributed by atoms with Gasteiger partial charge in [-0.1, -0.05) is 0 Å². The van der Waals surface area contributed by atoms with Gasteiger partial charge in [-0.25, -0.2) is 4.98 Å². The molecule has 1 spiro atoms. The molecule has 1 aliphatic carbocycles. The number of aromatic nitrogens is 1. The summed E-state index contributed by atoms with van der Waals surface area (Å²) in [5.74, 6) is 0.879. The Morgan fingerprint density at radius 2 is 2.08 bits per heavy atom. The number of nitrogens with zero attached hydrogens (tertiary/aromatic N) is 3. The molecular formula is C19H31N3OS. The SMILES string of the molecule is Cc1ncsc1CN1CCC2(CC1)C[C@H](COCC1CC1)N(C)C2. The maximum Gasteiger partial charge on any atom is 0.0798 e. The Balaban J connectivity index is 1.26. The highest BCUT2D eigenvalue weighted by Crippen LogP contribution is 2.43. The zero-order valence-corrected chi connectivity index (χ0v) is 16.0. The Morgan fingerprint density at radius 1 is 1.29 bits per heavy atom. The zero-order valence-electron chi connectivity index (χ0n) is 15.2. The number of hydrogen-bond acceptors (Lipinski definition) is 5. The summed E-state index contributed by atoms with van der Waals surface area (Å²) in [5.41, 5.74) is 3.74. The minimum atomic E-state index is 0.543. The Labute approximate surface area is 150 Å². The fraction of sp³-hybridized carbons (Fsp3) is 0.842. The Morgan fingerprint density at radius 3 is 2.75 bits per heavy atom. The Bertz CT molecular complexity index is 549. The van der Waals surface area contributed by atoms with Crippen molar-refractivity contribution >= 4 is 11.3 Å². The van der Waals surface area contributed by atoms with Gasteiger partial charge in [0, 0.05) is 30.6 Å². The number of piperidine rings is 1. The molecule has 0 unspecified atom stereocenters. The van der Waals surface area contributed by atoms with Crippen molar-refractivity contribution in [3.63, 3.8) is 0 Å². The first-order chi connectivity index (χ1) is 11.6. The second-order valence-corrected chi connectivity index (χ2v) is 9.33. The molecule has 1 aromatic rings.